The molecule has 0 aromatic heterocycles. The van der Waals surface area contributed by atoms with Gasteiger partial charge in [0.05, 0.1) is 0 Å². The van der Waals surface area contributed by atoms with Gasteiger partial charge in [0, 0.05) is 0 Å². The molecule has 3 aromatic rings. The predicted molar refractivity (Wildman–Crippen MR) is 114 cm³/mol. The molecule has 1 aliphatic carbocycles. The summed E-state index contributed by atoms with van der Waals surface area (Å²) in [5.41, 5.74) is 13.9. The Morgan fingerprint density at radius 3 is 2.04 bits per heavy atom. The van der Waals surface area contributed by atoms with Crippen LogP contribution in [-0.4, -0.2) is 6.54 Å². The quantitative estimate of drug-likeness (QED) is 0.613. The van der Waals surface area contributed by atoms with Gasteiger partial charge in [-0.1, -0.05) is 72.8 Å². The zero-order chi connectivity index (χ0) is 17.1. The molecule has 134 valence electrons. The molecule has 1 aliphatic rings. The third-order valence-electron chi connectivity index (χ3n) is 5.44. The van der Waals surface area contributed by atoms with Gasteiger partial charge in [0.1, 0.15) is 0 Å². The number of hydrogen-bond donors (Lipinski definition) is 1. The van der Waals surface area contributed by atoms with E-state index in [4.69, 9.17) is 5.73 Å². The molecule has 2 heteroatoms. The molecular weight excluding hydrogens is 338 g/mol. The van der Waals surface area contributed by atoms with Crippen LogP contribution in [0, 0.1) is 5.92 Å². The molecular formula is C24H26ClN. The summed E-state index contributed by atoms with van der Waals surface area (Å²) in [4.78, 5) is 0. The van der Waals surface area contributed by atoms with E-state index in [9.17, 15) is 0 Å². The topological polar surface area (TPSA) is 26.0 Å². The first-order chi connectivity index (χ1) is 12.3. The lowest BCUT2D eigenvalue weighted by atomic mass is 9.81. The van der Waals surface area contributed by atoms with Crippen molar-refractivity contribution in [3.8, 4) is 22.3 Å². The average molecular weight is 364 g/mol. The molecule has 1 nitrogen and oxygen atoms in total. The smallest absolute Gasteiger partial charge is 0.00745 e. The lowest BCUT2D eigenvalue weighted by Crippen LogP contribution is -2.17. The van der Waals surface area contributed by atoms with E-state index in [0.717, 1.165) is 18.9 Å². The van der Waals surface area contributed by atoms with Gasteiger partial charge in [0.2, 0.25) is 0 Å². The molecule has 0 radical (unpaired) electrons. The molecule has 0 saturated carbocycles. The van der Waals surface area contributed by atoms with Crippen LogP contribution in [-0.2, 0) is 12.8 Å². The third kappa shape index (κ3) is 4.00. The van der Waals surface area contributed by atoms with E-state index in [0.29, 0.717) is 0 Å². The molecule has 0 heterocycles. The van der Waals surface area contributed by atoms with Crippen molar-refractivity contribution in [2.45, 2.75) is 25.7 Å². The maximum atomic E-state index is 5.73. The van der Waals surface area contributed by atoms with Crippen LogP contribution in [0.3, 0.4) is 0 Å². The van der Waals surface area contributed by atoms with E-state index in [1.165, 1.54) is 52.6 Å². The van der Waals surface area contributed by atoms with Gasteiger partial charge >= 0.3 is 0 Å². The lowest BCUT2D eigenvalue weighted by Gasteiger charge is -2.24. The van der Waals surface area contributed by atoms with Crippen LogP contribution in [0.1, 0.15) is 24.0 Å². The summed E-state index contributed by atoms with van der Waals surface area (Å²) in [5.74, 6) is 0.772. The SMILES string of the molecule is Cl.NCCC1CCc2cc(-c3ccc(-c4ccccc4)cc3)ccc2C1. The molecule has 0 amide bonds. The Hall–Kier alpha value is -2.09. The highest BCUT2D eigenvalue weighted by molar-refractivity contribution is 5.85. The molecule has 26 heavy (non-hydrogen) atoms. The minimum Gasteiger partial charge on any atom is -0.330 e. The van der Waals surface area contributed by atoms with Crippen molar-refractivity contribution in [1.82, 2.24) is 0 Å². The Kier molecular flexibility index (Phi) is 6.13. The van der Waals surface area contributed by atoms with Crippen LogP contribution in [0.2, 0.25) is 0 Å². The number of halogens is 1. The van der Waals surface area contributed by atoms with Gasteiger partial charge in [-0.25, -0.2) is 0 Å². The van der Waals surface area contributed by atoms with Gasteiger partial charge in [-0.15, -0.1) is 12.4 Å². The summed E-state index contributed by atoms with van der Waals surface area (Å²) in [6.45, 7) is 0.811. The first kappa shape index (κ1) is 18.7. The monoisotopic (exact) mass is 363 g/mol. The molecule has 0 saturated heterocycles. The summed E-state index contributed by atoms with van der Waals surface area (Å²) in [7, 11) is 0. The van der Waals surface area contributed by atoms with Crippen LogP contribution in [0.15, 0.2) is 72.8 Å². The average Bonchev–Trinajstić information content (AvgIpc) is 2.69. The first-order valence-corrected chi connectivity index (χ1v) is 9.31. The Labute approximate surface area is 162 Å². The fourth-order valence-corrected chi connectivity index (χ4v) is 3.98. The molecule has 1 unspecified atom stereocenters. The Morgan fingerprint density at radius 1 is 0.731 bits per heavy atom. The van der Waals surface area contributed by atoms with Crippen molar-refractivity contribution >= 4 is 12.4 Å². The fraction of sp³-hybridized carbons (Fsp3) is 0.250. The van der Waals surface area contributed by atoms with E-state index in [-0.39, 0.29) is 12.4 Å². The third-order valence-corrected chi connectivity index (χ3v) is 5.44. The highest BCUT2D eigenvalue weighted by atomic mass is 35.5. The van der Waals surface area contributed by atoms with Gasteiger partial charge in [0.15, 0.2) is 0 Å². The minimum atomic E-state index is 0. The van der Waals surface area contributed by atoms with Gasteiger partial charge in [0.25, 0.3) is 0 Å². The van der Waals surface area contributed by atoms with E-state index in [2.05, 4.69) is 72.8 Å². The van der Waals surface area contributed by atoms with E-state index >= 15 is 0 Å². The summed E-state index contributed by atoms with van der Waals surface area (Å²) in [6, 6.07) is 26.5. The maximum Gasteiger partial charge on any atom is -0.00745 e. The van der Waals surface area contributed by atoms with Crippen molar-refractivity contribution in [3.63, 3.8) is 0 Å². The van der Waals surface area contributed by atoms with Crippen molar-refractivity contribution in [1.29, 1.82) is 0 Å². The molecule has 3 aromatic carbocycles. The number of benzene rings is 3. The molecule has 2 N–H and O–H groups in total. The van der Waals surface area contributed by atoms with Crippen LogP contribution >= 0.6 is 12.4 Å². The fourth-order valence-electron chi connectivity index (χ4n) is 3.98. The van der Waals surface area contributed by atoms with E-state index < -0.39 is 0 Å². The van der Waals surface area contributed by atoms with Gasteiger partial charge in [-0.2, -0.15) is 0 Å². The van der Waals surface area contributed by atoms with Crippen molar-refractivity contribution in [2.75, 3.05) is 6.54 Å². The van der Waals surface area contributed by atoms with Gasteiger partial charge < -0.3 is 5.73 Å². The zero-order valence-corrected chi connectivity index (χ0v) is 15.8. The number of fused-ring (bicyclic) bond motifs is 1. The second-order valence-corrected chi connectivity index (χ2v) is 7.11. The second-order valence-electron chi connectivity index (χ2n) is 7.11. The Balaban J connectivity index is 0.00000196. The van der Waals surface area contributed by atoms with Gasteiger partial charge in [-0.3, -0.25) is 0 Å². The Morgan fingerprint density at radius 2 is 1.35 bits per heavy atom. The van der Waals surface area contributed by atoms with Crippen LogP contribution in [0.25, 0.3) is 22.3 Å². The molecule has 1 atom stereocenters. The second kappa shape index (κ2) is 8.53. The molecule has 0 spiro atoms. The molecule has 0 fully saturated rings. The largest absolute Gasteiger partial charge is 0.330 e. The summed E-state index contributed by atoms with van der Waals surface area (Å²) >= 11 is 0. The summed E-state index contributed by atoms with van der Waals surface area (Å²) < 4.78 is 0. The minimum absolute atomic E-state index is 0. The van der Waals surface area contributed by atoms with E-state index in [1.54, 1.807) is 0 Å². The molecule has 4 rings (SSSR count). The maximum absolute atomic E-state index is 5.73. The number of nitrogens with two attached hydrogens (primary N) is 1. The standard InChI is InChI=1S/C24H25N.ClH/c25-15-14-18-6-7-24-17-23(13-12-22(24)16-18)21-10-8-20(9-11-21)19-4-2-1-3-5-19;/h1-5,8-13,17-18H,6-7,14-16,25H2;1H. The van der Waals surface area contributed by atoms with Crippen LogP contribution < -0.4 is 5.73 Å². The van der Waals surface area contributed by atoms with E-state index in [1.807, 2.05) is 0 Å². The normalized spacial score (nSPS) is 15.8. The van der Waals surface area contributed by atoms with Crippen LogP contribution in [0.4, 0.5) is 0 Å². The van der Waals surface area contributed by atoms with Crippen LogP contribution in [0.5, 0.6) is 0 Å². The number of aryl methyl sites for hydroxylation is 1. The summed E-state index contributed by atoms with van der Waals surface area (Å²) in [5, 5.41) is 0. The Bertz CT molecular complexity index is 840. The van der Waals surface area contributed by atoms with Crippen molar-refractivity contribution < 1.29 is 0 Å². The summed E-state index contributed by atoms with van der Waals surface area (Å²) in [6.07, 6.45) is 4.82. The molecule has 0 bridgehead atoms. The highest BCUT2D eigenvalue weighted by Crippen LogP contribution is 2.31. The zero-order valence-electron chi connectivity index (χ0n) is 15.0. The molecule has 0 aliphatic heterocycles. The number of rotatable bonds is 4. The van der Waals surface area contributed by atoms with Gasteiger partial charge in [-0.05, 0) is 71.5 Å². The van der Waals surface area contributed by atoms with Crippen molar-refractivity contribution in [2.24, 2.45) is 11.7 Å². The number of hydrogen-bond acceptors (Lipinski definition) is 1. The van der Waals surface area contributed by atoms with Crippen molar-refractivity contribution in [3.05, 3.63) is 83.9 Å². The highest BCUT2D eigenvalue weighted by Gasteiger charge is 2.18. The predicted octanol–water partition coefficient (Wildman–Crippen LogP) is 5.90. The lowest BCUT2D eigenvalue weighted by molar-refractivity contribution is 0.433. The first-order valence-electron chi connectivity index (χ1n) is 9.31.